The van der Waals surface area contributed by atoms with Gasteiger partial charge in [-0.05, 0) is 87.6 Å². The lowest BCUT2D eigenvalue weighted by molar-refractivity contribution is 1.23. The van der Waals surface area contributed by atoms with Crippen molar-refractivity contribution in [1.29, 1.82) is 0 Å². The first-order valence-electron chi connectivity index (χ1n) is 4.67. The molecule has 0 spiro atoms. The molecular formula is C12H8I2N2. The van der Waals surface area contributed by atoms with Crippen LogP contribution >= 0.6 is 45.2 Å². The van der Waals surface area contributed by atoms with E-state index >= 15 is 0 Å². The van der Waals surface area contributed by atoms with Crippen LogP contribution in [0, 0.1) is 7.14 Å². The van der Waals surface area contributed by atoms with Gasteiger partial charge in [-0.1, -0.05) is 6.07 Å². The first-order valence-corrected chi connectivity index (χ1v) is 6.83. The number of nitrogens with zero attached hydrogens (tertiary/aromatic N) is 2. The Bertz CT molecular complexity index is 507. The fraction of sp³-hybridized carbons (Fsp3) is 0. The number of azo groups is 1. The number of rotatable bonds is 2. The van der Waals surface area contributed by atoms with Gasteiger partial charge in [0.25, 0.3) is 0 Å². The predicted molar refractivity (Wildman–Crippen MR) is 82.5 cm³/mol. The number of halogens is 2. The molecule has 0 saturated heterocycles. The second-order valence-electron chi connectivity index (χ2n) is 3.16. The standard InChI is InChI=1S/C12H8I2N2/c13-9-4-6-11(7-5-9)15-16-12-3-1-2-10(14)8-12/h1-8H. The molecular weight excluding hydrogens is 426 g/mol. The van der Waals surface area contributed by atoms with Crippen molar-refractivity contribution in [3.63, 3.8) is 0 Å². The number of hydrogen-bond donors (Lipinski definition) is 0. The lowest BCUT2D eigenvalue weighted by Crippen LogP contribution is -1.69. The van der Waals surface area contributed by atoms with Crippen LogP contribution in [0.15, 0.2) is 58.8 Å². The summed E-state index contributed by atoms with van der Waals surface area (Å²) < 4.78 is 2.36. The SMILES string of the molecule is Ic1ccc(N=Nc2cccc(I)c2)cc1. The quantitative estimate of drug-likeness (QED) is 0.453. The summed E-state index contributed by atoms with van der Waals surface area (Å²) in [4.78, 5) is 0. The van der Waals surface area contributed by atoms with E-state index in [2.05, 4.69) is 55.4 Å². The van der Waals surface area contributed by atoms with Crippen molar-refractivity contribution in [2.45, 2.75) is 0 Å². The Balaban J connectivity index is 2.18. The van der Waals surface area contributed by atoms with Crippen molar-refractivity contribution in [2.24, 2.45) is 10.2 Å². The molecule has 0 unspecified atom stereocenters. The van der Waals surface area contributed by atoms with E-state index in [1.54, 1.807) is 0 Å². The molecule has 80 valence electrons. The maximum atomic E-state index is 4.18. The molecule has 0 fully saturated rings. The molecule has 0 aliphatic carbocycles. The van der Waals surface area contributed by atoms with Gasteiger partial charge in [0.1, 0.15) is 0 Å². The highest BCUT2D eigenvalue weighted by molar-refractivity contribution is 14.1. The van der Waals surface area contributed by atoms with Gasteiger partial charge in [0, 0.05) is 7.14 Å². The van der Waals surface area contributed by atoms with E-state index in [1.807, 2.05) is 48.5 Å². The van der Waals surface area contributed by atoms with Gasteiger partial charge in [-0.3, -0.25) is 0 Å². The van der Waals surface area contributed by atoms with Crippen LogP contribution < -0.4 is 0 Å². The maximum Gasteiger partial charge on any atom is 0.0867 e. The van der Waals surface area contributed by atoms with E-state index in [1.165, 1.54) is 3.57 Å². The summed E-state index contributed by atoms with van der Waals surface area (Å²) >= 11 is 4.53. The number of hydrogen-bond acceptors (Lipinski definition) is 2. The molecule has 16 heavy (non-hydrogen) atoms. The van der Waals surface area contributed by atoms with Crippen LogP contribution in [0.2, 0.25) is 0 Å². The van der Waals surface area contributed by atoms with Gasteiger partial charge in [-0.25, -0.2) is 0 Å². The third-order valence-electron chi connectivity index (χ3n) is 1.92. The average Bonchev–Trinajstić information content (AvgIpc) is 2.28. The summed E-state index contributed by atoms with van der Waals surface area (Å²) in [6.45, 7) is 0. The third kappa shape index (κ3) is 3.51. The minimum absolute atomic E-state index is 0.874. The Morgan fingerprint density at radius 1 is 0.688 bits per heavy atom. The van der Waals surface area contributed by atoms with Gasteiger partial charge in [-0.2, -0.15) is 10.2 Å². The van der Waals surface area contributed by atoms with E-state index in [4.69, 9.17) is 0 Å². The van der Waals surface area contributed by atoms with E-state index in [9.17, 15) is 0 Å². The molecule has 0 saturated carbocycles. The lowest BCUT2D eigenvalue weighted by Gasteiger charge is -1.94. The zero-order valence-corrected chi connectivity index (χ0v) is 12.6. The molecule has 0 aliphatic heterocycles. The minimum Gasteiger partial charge on any atom is -0.151 e. The summed E-state index contributed by atoms with van der Waals surface area (Å²) in [5.74, 6) is 0. The van der Waals surface area contributed by atoms with Crippen LogP contribution in [-0.2, 0) is 0 Å². The van der Waals surface area contributed by atoms with Crippen molar-refractivity contribution < 1.29 is 0 Å². The topological polar surface area (TPSA) is 24.7 Å². The van der Waals surface area contributed by atoms with Crippen molar-refractivity contribution in [1.82, 2.24) is 0 Å². The highest BCUT2D eigenvalue weighted by Crippen LogP contribution is 2.20. The average molecular weight is 434 g/mol. The molecule has 2 nitrogen and oxygen atoms in total. The van der Waals surface area contributed by atoms with Crippen molar-refractivity contribution in [3.8, 4) is 0 Å². The van der Waals surface area contributed by atoms with Crippen molar-refractivity contribution in [2.75, 3.05) is 0 Å². The first kappa shape index (κ1) is 12.0. The highest BCUT2D eigenvalue weighted by atomic mass is 127. The maximum absolute atomic E-state index is 4.18. The van der Waals surface area contributed by atoms with Gasteiger partial charge in [0.15, 0.2) is 0 Å². The Morgan fingerprint density at radius 2 is 1.38 bits per heavy atom. The largest absolute Gasteiger partial charge is 0.151 e. The summed E-state index contributed by atoms with van der Waals surface area (Å²) in [7, 11) is 0. The Kier molecular flexibility index (Phi) is 4.28. The molecule has 0 N–H and O–H groups in total. The summed E-state index contributed by atoms with van der Waals surface area (Å²) in [5.41, 5.74) is 1.75. The molecule has 0 aromatic heterocycles. The van der Waals surface area contributed by atoms with Crippen molar-refractivity contribution in [3.05, 3.63) is 55.7 Å². The smallest absolute Gasteiger partial charge is 0.0867 e. The molecule has 0 amide bonds. The molecule has 2 aromatic carbocycles. The van der Waals surface area contributed by atoms with Crippen LogP contribution in [0.3, 0.4) is 0 Å². The fourth-order valence-electron chi connectivity index (χ4n) is 1.16. The second-order valence-corrected chi connectivity index (χ2v) is 5.65. The Labute approximate surface area is 121 Å². The van der Waals surface area contributed by atoms with Crippen LogP contribution in [-0.4, -0.2) is 0 Å². The molecule has 4 heteroatoms. The van der Waals surface area contributed by atoms with Crippen LogP contribution in [0.5, 0.6) is 0 Å². The second kappa shape index (κ2) is 5.72. The molecule has 0 bridgehead atoms. The predicted octanol–water partition coefficient (Wildman–Crippen LogP) is 5.31. The fourth-order valence-corrected chi connectivity index (χ4v) is 2.05. The summed E-state index contributed by atoms with van der Waals surface area (Å²) in [6, 6.07) is 15.9. The normalized spacial score (nSPS) is 10.9. The molecule has 0 atom stereocenters. The Hall–Kier alpha value is -0.500. The zero-order valence-electron chi connectivity index (χ0n) is 8.27. The Morgan fingerprint density at radius 3 is 2.06 bits per heavy atom. The summed E-state index contributed by atoms with van der Waals surface area (Å²) in [6.07, 6.45) is 0. The van der Waals surface area contributed by atoms with Crippen LogP contribution in [0.1, 0.15) is 0 Å². The van der Waals surface area contributed by atoms with E-state index in [0.29, 0.717) is 0 Å². The van der Waals surface area contributed by atoms with Crippen LogP contribution in [0.4, 0.5) is 11.4 Å². The molecule has 0 aliphatic rings. The van der Waals surface area contributed by atoms with Crippen molar-refractivity contribution >= 4 is 56.6 Å². The van der Waals surface area contributed by atoms with Gasteiger partial charge >= 0.3 is 0 Å². The first-order chi connectivity index (χ1) is 7.74. The van der Waals surface area contributed by atoms with E-state index in [0.717, 1.165) is 14.9 Å². The van der Waals surface area contributed by atoms with Gasteiger partial charge < -0.3 is 0 Å². The monoisotopic (exact) mass is 434 g/mol. The van der Waals surface area contributed by atoms with E-state index < -0.39 is 0 Å². The van der Waals surface area contributed by atoms with Gasteiger partial charge in [-0.15, -0.1) is 0 Å². The molecule has 0 heterocycles. The van der Waals surface area contributed by atoms with Gasteiger partial charge in [0.05, 0.1) is 11.4 Å². The molecule has 2 rings (SSSR count). The van der Waals surface area contributed by atoms with Gasteiger partial charge in [0.2, 0.25) is 0 Å². The third-order valence-corrected chi connectivity index (χ3v) is 3.31. The lowest BCUT2D eigenvalue weighted by atomic mass is 10.3. The zero-order chi connectivity index (χ0) is 11.4. The van der Waals surface area contributed by atoms with Crippen LogP contribution in [0.25, 0.3) is 0 Å². The molecule has 0 radical (unpaired) electrons. The minimum atomic E-state index is 0.874. The highest BCUT2D eigenvalue weighted by Gasteiger charge is 1.92. The molecule has 2 aromatic rings. The number of benzene rings is 2. The summed E-state index contributed by atoms with van der Waals surface area (Å²) in [5, 5.41) is 8.36. The van der Waals surface area contributed by atoms with E-state index in [-0.39, 0.29) is 0 Å².